The summed E-state index contributed by atoms with van der Waals surface area (Å²) >= 11 is 0. The number of piperidine rings is 1. The van der Waals surface area contributed by atoms with E-state index in [1.807, 2.05) is 6.07 Å². The average molecular weight is 277 g/mol. The molecule has 2 aliphatic rings. The van der Waals surface area contributed by atoms with Gasteiger partial charge in [0.2, 0.25) is 5.91 Å². The molecule has 1 aromatic rings. The molecule has 5 heteroatoms. The van der Waals surface area contributed by atoms with Crippen molar-refractivity contribution >= 4 is 5.91 Å². The number of methoxy groups -OCH3 is 2. The highest BCUT2D eigenvalue weighted by Crippen LogP contribution is 2.46. The van der Waals surface area contributed by atoms with E-state index in [0.29, 0.717) is 43.7 Å². The number of hydrogen-bond acceptors (Lipinski definition) is 4. The summed E-state index contributed by atoms with van der Waals surface area (Å²) in [6, 6.07) is 3.69. The largest absolute Gasteiger partial charge is 0.497 e. The van der Waals surface area contributed by atoms with E-state index in [1.54, 1.807) is 25.2 Å². The van der Waals surface area contributed by atoms with Crippen LogP contribution in [-0.4, -0.2) is 36.7 Å². The van der Waals surface area contributed by atoms with Gasteiger partial charge in [-0.2, -0.15) is 0 Å². The van der Waals surface area contributed by atoms with Crippen LogP contribution in [0.3, 0.4) is 0 Å². The van der Waals surface area contributed by atoms with Gasteiger partial charge in [-0.1, -0.05) is 0 Å². The molecule has 1 unspecified atom stereocenters. The molecule has 1 saturated heterocycles. The molecular weight excluding hydrogens is 258 g/mol. The minimum Gasteiger partial charge on any atom is -0.497 e. The highest BCUT2D eigenvalue weighted by atomic mass is 16.5. The van der Waals surface area contributed by atoms with Gasteiger partial charge in [-0.05, 0) is 24.5 Å². The molecule has 1 N–H and O–H groups in total. The van der Waals surface area contributed by atoms with Crippen molar-refractivity contribution < 1.29 is 19.4 Å². The molecule has 108 valence electrons. The Kier molecular flexibility index (Phi) is 3.09. The second-order valence-corrected chi connectivity index (χ2v) is 5.33. The molecule has 1 fully saturated rings. The predicted molar refractivity (Wildman–Crippen MR) is 72.7 cm³/mol. The fraction of sp³-hybridized carbons (Fsp3) is 0.533. The van der Waals surface area contributed by atoms with Gasteiger partial charge in [-0.15, -0.1) is 0 Å². The van der Waals surface area contributed by atoms with Crippen molar-refractivity contribution in [3.05, 3.63) is 23.3 Å². The Morgan fingerprint density at radius 2 is 2.05 bits per heavy atom. The third kappa shape index (κ3) is 1.77. The minimum atomic E-state index is -1.24. The first-order valence-electron chi connectivity index (χ1n) is 6.88. The zero-order valence-corrected chi connectivity index (χ0v) is 11.8. The van der Waals surface area contributed by atoms with E-state index in [-0.39, 0.29) is 5.91 Å². The molecule has 0 saturated carbocycles. The second kappa shape index (κ2) is 4.66. The van der Waals surface area contributed by atoms with Crippen LogP contribution < -0.4 is 9.47 Å². The van der Waals surface area contributed by atoms with E-state index in [9.17, 15) is 9.90 Å². The van der Waals surface area contributed by atoms with E-state index in [0.717, 1.165) is 11.1 Å². The van der Waals surface area contributed by atoms with E-state index in [1.165, 1.54) is 0 Å². The number of aliphatic hydroxyl groups is 1. The molecule has 1 aromatic carbocycles. The van der Waals surface area contributed by atoms with Crippen molar-refractivity contribution in [1.82, 2.24) is 4.90 Å². The lowest BCUT2D eigenvalue weighted by atomic mass is 9.82. The summed E-state index contributed by atoms with van der Waals surface area (Å²) in [6.45, 7) is 0.540. The number of nitrogens with zero attached hydrogens (tertiary/aromatic N) is 1. The fourth-order valence-electron chi connectivity index (χ4n) is 3.34. The number of carbonyl (C=O) groups excluding carboxylic acids is 1. The van der Waals surface area contributed by atoms with Crippen molar-refractivity contribution in [2.75, 3.05) is 20.8 Å². The molecule has 0 aromatic heterocycles. The summed E-state index contributed by atoms with van der Waals surface area (Å²) in [7, 11) is 3.18. The molecule has 0 aliphatic carbocycles. The molecule has 20 heavy (non-hydrogen) atoms. The standard InChI is InChI=1S/C15H19NO4/c1-19-11-8-10-5-7-16-13(17)4-3-6-15(16,18)14(10)12(9-11)20-2/h8-9,18H,3-7H2,1-2H3. The summed E-state index contributed by atoms with van der Waals surface area (Å²) in [4.78, 5) is 13.7. The number of hydrogen-bond donors (Lipinski definition) is 1. The van der Waals surface area contributed by atoms with Crippen LogP contribution in [0.4, 0.5) is 0 Å². The fourth-order valence-corrected chi connectivity index (χ4v) is 3.34. The quantitative estimate of drug-likeness (QED) is 0.888. The molecule has 0 radical (unpaired) electrons. The predicted octanol–water partition coefficient (Wildman–Crippen LogP) is 1.42. The van der Waals surface area contributed by atoms with Crippen molar-refractivity contribution in [3.63, 3.8) is 0 Å². The Balaban J connectivity index is 2.17. The number of fused-ring (bicyclic) bond motifs is 3. The van der Waals surface area contributed by atoms with Crippen molar-refractivity contribution in [2.24, 2.45) is 0 Å². The minimum absolute atomic E-state index is 0.0160. The molecule has 0 spiro atoms. The lowest BCUT2D eigenvalue weighted by Crippen LogP contribution is -2.55. The Hall–Kier alpha value is -1.75. The van der Waals surface area contributed by atoms with Gasteiger partial charge in [-0.25, -0.2) is 0 Å². The smallest absolute Gasteiger partial charge is 0.225 e. The first-order valence-corrected chi connectivity index (χ1v) is 6.88. The van der Waals surface area contributed by atoms with Crippen LogP contribution in [0.1, 0.15) is 30.4 Å². The number of rotatable bonds is 2. The number of ether oxygens (including phenoxy) is 2. The number of benzene rings is 1. The maximum absolute atomic E-state index is 12.1. The number of carbonyl (C=O) groups is 1. The van der Waals surface area contributed by atoms with Crippen LogP contribution in [0.2, 0.25) is 0 Å². The highest BCUT2D eigenvalue weighted by Gasteiger charge is 2.47. The molecule has 1 amide bonds. The van der Waals surface area contributed by atoms with Gasteiger partial charge in [0.05, 0.1) is 14.2 Å². The lowest BCUT2D eigenvalue weighted by molar-refractivity contribution is -0.177. The van der Waals surface area contributed by atoms with Crippen LogP contribution in [0.15, 0.2) is 12.1 Å². The van der Waals surface area contributed by atoms with Gasteiger partial charge in [0, 0.05) is 31.0 Å². The van der Waals surface area contributed by atoms with E-state index >= 15 is 0 Å². The zero-order chi connectivity index (χ0) is 14.3. The van der Waals surface area contributed by atoms with Crippen LogP contribution in [-0.2, 0) is 16.9 Å². The SMILES string of the molecule is COc1cc2c(c(OC)c1)C1(O)CCCC(=O)N1CC2. The van der Waals surface area contributed by atoms with E-state index in [4.69, 9.17) is 9.47 Å². The monoisotopic (exact) mass is 277 g/mol. The van der Waals surface area contributed by atoms with Crippen molar-refractivity contribution in [2.45, 2.75) is 31.4 Å². The van der Waals surface area contributed by atoms with Crippen LogP contribution in [0.25, 0.3) is 0 Å². The molecule has 2 aliphatic heterocycles. The van der Waals surface area contributed by atoms with E-state index in [2.05, 4.69) is 0 Å². The maximum Gasteiger partial charge on any atom is 0.225 e. The van der Waals surface area contributed by atoms with Gasteiger partial charge in [0.15, 0.2) is 5.72 Å². The van der Waals surface area contributed by atoms with Gasteiger partial charge < -0.3 is 19.5 Å². The Morgan fingerprint density at radius 1 is 1.25 bits per heavy atom. The van der Waals surface area contributed by atoms with Gasteiger partial charge in [-0.3, -0.25) is 4.79 Å². The van der Waals surface area contributed by atoms with Crippen LogP contribution in [0.5, 0.6) is 11.5 Å². The van der Waals surface area contributed by atoms with Crippen molar-refractivity contribution in [1.29, 1.82) is 0 Å². The first-order chi connectivity index (χ1) is 9.60. The Bertz CT molecular complexity index is 540. The Labute approximate surface area is 118 Å². The summed E-state index contributed by atoms with van der Waals surface area (Å²) < 4.78 is 10.7. The topological polar surface area (TPSA) is 59.0 Å². The Morgan fingerprint density at radius 3 is 2.75 bits per heavy atom. The highest BCUT2D eigenvalue weighted by molar-refractivity contribution is 5.79. The van der Waals surface area contributed by atoms with Gasteiger partial charge in [0.1, 0.15) is 11.5 Å². The van der Waals surface area contributed by atoms with Crippen LogP contribution in [0, 0.1) is 0 Å². The normalized spacial score (nSPS) is 24.9. The van der Waals surface area contributed by atoms with Crippen molar-refractivity contribution in [3.8, 4) is 11.5 Å². The third-order valence-electron chi connectivity index (χ3n) is 4.28. The zero-order valence-electron chi connectivity index (χ0n) is 11.8. The summed E-state index contributed by atoms with van der Waals surface area (Å²) in [5.74, 6) is 1.31. The molecule has 0 bridgehead atoms. The lowest BCUT2D eigenvalue weighted by Gasteiger charge is -2.47. The first kappa shape index (κ1) is 13.2. The molecule has 3 rings (SSSR count). The average Bonchev–Trinajstić information content (AvgIpc) is 2.45. The van der Waals surface area contributed by atoms with Gasteiger partial charge >= 0.3 is 0 Å². The van der Waals surface area contributed by atoms with E-state index < -0.39 is 5.72 Å². The number of amides is 1. The van der Waals surface area contributed by atoms with Crippen LogP contribution >= 0.6 is 0 Å². The summed E-state index contributed by atoms with van der Waals surface area (Å²) in [5.41, 5.74) is 0.482. The molecule has 2 heterocycles. The second-order valence-electron chi connectivity index (χ2n) is 5.33. The summed E-state index contributed by atoms with van der Waals surface area (Å²) in [6.07, 6.45) is 2.46. The summed E-state index contributed by atoms with van der Waals surface area (Å²) in [5, 5.41) is 11.1. The molecular formula is C15H19NO4. The van der Waals surface area contributed by atoms with Gasteiger partial charge in [0.25, 0.3) is 0 Å². The molecule has 1 atom stereocenters. The maximum atomic E-state index is 12.1. The molecule has 5 nitrogen and oxygen atoms in total. The third-order valence-corrected chi connectivity index (χ3v) is 4.28.